The van der Waals surface area contributed by atoms with Gasteiger partial charge in [-0.15, -0.1) is 0 Å². The predicted molar refractivity (Wildman–Crippen MR) is 77.8 cm³/mol. The van der Waals surface area contributed by atoms with E-state index in [1.165, 1.54) is 0 Å². The fraction of sp³-hybridized carbons (Fsp3) is 0.562. The fourth-order valence-corrected chi connectivity index (χ4v) is 2.83. The number of rotatable bonds is 6. The van der Waals surface area contributed by atoms with Gasteiger partial charge in [0.15, 0.2) is 0 Å². The summed E-state index contributed by atoms with van der Waals surface area (Å²) < 4.78 is 5.76. The van der Waals surface area contributed by atoms with Crippen molar-refractivity contribution in [2.24, 2.45) is 11.8 Å². The van der Waals surface area contributed by atoms with Crippen LogP contribution in [0.5, 0.6) is 0 Å². The minimum Gasteiger partial charge on any atom is -0.478 e. The second-order valence-electron chi connectivity index (χ2n) is 5.76. The molecule has 0 aliphatic carbocycles. The molecule has 0 amide bonds. The SMILES string of the molecule is CC(C)C1OCCC1CNCc1cccc(C(=O)O)c1. The van der Waals surface area contributed by atoms with Crippen LogP contribution in [-0.4, -0.2) is 30.3 Å². The van der Waals surface area contributed by atoms with Crippen molar-refractivity contribution in [2.45, 2.75) is 32.9 Å². The van der Waals surface area contributed by atoms with Crippen LogP contribution >= 0.6 is 0 Å². The van der Waals surface area contributed by atoms with E-state index in [1.807, 2.05) is 6.07 Å². The van der Waals surface area contributed by atoms with Crippen molar-refractivity contribution in [1.82, 2.24) is 5.32 Å². The monoisotopic (exact) mass is 277 g/mol. The van der Waals surface area contributed by atoms with Gasteiger partial charge >= 0.3 is 5.97 Å². The molecule has 4 nitrogen and oxygen atoms in total. The zero-order chi connectivity index (χ0) is 14.5. The first kappa shape index (κ1) is 15.0. The molecule has 0 aromatic heterocycles. The summed E-state index contributed by atoms with van der Waals surface area (Å²) in [7, 11) is 0. The van der Waals surface area contributed by atoms with Gasteiger partial charge in [-0.25, -0.2) is 4.79 Å². The van der Waals surface area contributed by atoms with E-state index in [0.717, 1.165) is 25.1 Å². The van der Waals surface area contributed by atoms with Gasteiger partial charge in [0.05, 0.1) is 11.7 Å². The van der Waals surface area contributed by atoms with Crippen LogP contribution < -0.4 is 5.32 Å². The lowest BCUT2D eigenvalue weighted by Gasteiger charge is -2.22. The van der Waals surface area contributed by atoms with E-state index in [9.17, 15) is 4.79 Å². The van der Waals surface area contributed by atoms with Gasteiger partial charge in [0.25, 0.3) is 0 Å². The molecule has 4 heteroatoms. The zero-order valence-corrected chi connectivity index (χ0v) is 12.1. The minimum absolute atomic E-state index is 0.341. The van der Waals surface area contributed by atoms with Crippen LogP contribution in [0.15, 0.2) is 24.3 Å². The summed E-state index contributed by atoms with van der Waals surface area (Å²) in [6.07, 6.45) is 1.44. The number of carboxylic acids is 1. The van der Waals surface area contributed by atoms with Crippen LogP contribution in [0.4, 0.5) is 0 Å². The van der Waals surface area contributed by atoms with Crippen LogP contribution in [0.25, 0.3) is 0 Å². The highest BCUT2D eigenvalue weighted by molar-refractivity contribution is 5.87. The van der Waals surface area contributed by atoms with Crippen molar-refractivity contribution in [3.8, 4) is 0 Å². The lowest BCUT2D eigenvalue weighted by atomic mass is 9.93. The molecule has 0 spiro atoms. The number of carboxylic acid groups (broad SMARTS) is 1. The Hall–Kier alpha value is -1.39. The normalized spacial score (nSPS) is 22.4. The van der Waals surface area contributed by atoms with E-state index in [-0.39, 0.29) is 0 Å². The van der Waals surface area contributed by atoms with Crippen molar-refractivity contribution < 1.29 is 14.6 Å². The molecular formula is C16H23NO3. The van der Waals surface area contributed by atoms with E-state index in [0.29, 0.717) is 30.0 Å². The van der Waals surface area contributed by atoms with Gasteiger partial charge in [0.1, 0.15) is 0 Å². The second kappa shape index (κ2) is 6.86. The molecule has 2 N–H and O–H groups in total. The van der Waals surface area contributed by atoms with E-state index < -0.39 is 5.97 Å². The summed E-state index contributed by atoms with van der Waals surface area (Å²) in [5, 5.41) is 12.4. The molecule has 1 aromatic carbocycles. The third-order valence-corrected chi connectivity index (χ3v) is 3.83. The van der Waals surface area contributed by atoms with Gasteiger partial charge in [-0.1, -0.05) is 26.0 Å². The molecule has 1 aliphatic heterocycles. The van der Waals surface area contributed by atoms with Gasteiger partial charge in [-0.2, -0.15) is 0 Å². The molecule has 2 rings (SSSR count). The lowest BCUT2D eigenvalue weighted by molar-refractivity contribution is 0.0539. The number of aromatic carboxylic acids is 1. The Morgan fingerprint density at radius 1 is 1.50 bits per heavy atom. The van der Waals surface area contributed by atoms with E-state index in [2.05, 4.69) is 19.2 Å². The molecule has 2 atom stereocenters. The van der Waals surface area contributed by atoms with Crippen molar-refractivity contribution >= 4 is 5.97 Å². The molecule has 1 aliphatic rings. The lowest BCUT2D eigenvalue weighted by Crippen LogP contribution is -2.31. The molecule has 1 fully saturated rings. The number of hydrogen-bond acceptors (Lipinski definition) is 3. The number of hydrogen-bond donors (Lipinski definition) is 2. The Morgan fingerprint density at radius 3 is 3.00 bits per heavy atom. The summed E-state index contributed by atoms with van der Waals surface area (Å²) in [6, 6.07) is 7.08. The second-order valence-corrected chi connectivity index (χ2v) is 5.76. The van der Waals surface area contributed by atoms with Gasteiger partial charge in [0, 0.05) is 19.7 Å². The van der Waals surface area contributed by atoms with E-state index in [1.54, 1.807) is 18.2 Å². The minimum atomic E-state index is -0.879. The molecule has 1 aromatic rings. The number of nitrogens with one attached hydrogen (secondary N) is 1. The molecule has 1 saturated heterocycles. The van der Waals surface area contributed by atoms with Crippen LogP contribution in [-0.2, 0) is 11.3 Å². The van der Waals surface area contributed by atoms with Gasteiger partial charge in [-0.05, 0) is 36.0 Å². The summed E-state index contributed by atoms with van der Waals surface area (Å²) >= 11 is 0. The molecule has 2 unspecified atom stereocenters. The topological polar surface area (TPSA) is 58.6 Å². The Labute approximate surface area is 120 Å². The van der Waals surface area contributed by atoms with Crippen LogP contribution in [0.1, 0.15) is 36.2 Å². The maximum absolute atomic E-state index is 10.9. The Balaban J connectivity index is 1.84. The maximum atomic E-state index is 10.9. The number of carbonyl (C=O) groups is 1. The van der Waals surface area contributed by atoms with Crippen LogP contribution in [0, 0.1) is 11.8 Å². The Kier molecular flexibility index (Phi) is 5.15. The molecule has 0 bridgehead atoms. The molecule has 0 radical (unpaired) electrons. The first-order valence-corrected chi connectivity index (χ1v) is 7.22. The average Bonchev–Trinajstić information content (AvgIpc) is 2.87. The fourth-order valence-electron chi connectivity index (χ4n) is 2.83. The number of benzene rings is 1. The quantitative estimate of drug-likeness (QED) is 0.839. The van der Waals surface area contributed by atoms with Crippen molar-refractivity contribution in [3.05, 3.63) is 35.4 Å². The van der Waals surface area contributed by atoms with Crippen LogP contribution in [0.3, 0.4) is 0 Å². The maximum Gasteiger partial charge on any atom is 0.335 e. The third-order valence-electron chi connectivity index (χ3n) is 3.83. The smallest absolute Gasteiger partial charge is 0.335 e. The first-order valence-electron chi connectivity index (χ1n) is 7.22. The molecular weight excluding hydrogens is 254 g/mol. The van der Waals surface area contributed by atoms with Crippen LogP contribution in [0.2, 0.25) is 0 Å². The summed E-state index contributed by atoms with van der Waals surface area (Å²) in [6.45, 7) is 6.85. The van der Waals surface area contributed by atoms with E-state index >= 15 is 0 Å². The van der Waals surface area contributed by atoms with Crippen molar-refractivity contribution in [1.29, 1.82) is 0 Å². The highest BCUT2D eigenvalue weighted by Crippen LogP contribution is 2.26. The number of ether oxygens (including phenoxy) is 1. The molecule has 0 saturated carbocycles. The summed E-state index contributed by atoms with van der Waals surface area (Å²) in [5.74, 6) is 0.216. The van der Waals surface area contributed by atoms with Gasteiger partial charge in [0.2, 0.25) is 0 Å². The van der Waals surface area contributed by atoms with Gasteiger partial charge < -0.3 is 15.2 Å². The zero-order valence-electron chi connectivity index (χ0n) is 12.1. The molecule has 110 valence electrons. The van der Waals surface area contributed by atoms with Crippen molar-refractivity contribution in [2.75, 3.05) is 13.2 Å². The highest BCUT2D eigenvalue weighted by Gasteiger charge is 2.29. The first-order chi connectivity index (χ1) is 9.58. The van der Waals surface area contributed by atoms with Gasteiger partial charge in [-0.3, -0.25) is 0 Å². The van der Waals surface area contributed by atoms with Crippen molar-refractivity contribution in [3.63, 3.8) is 0 Å². The predicted octanol–water partition coefficient (Wildman–Crippen LogP) is 2.54. The Bertz CT molecular complexity index is 459. The molecule has 1 heterocycles. The largest absolute Gasteiger partial charge is 0.478 e. The highest BCUT2D eigenvalue weighted by atomic mass is 16.5. The third kappa shape index (κ3) is 3.81. The van der Waals surface area contributed by atoms with E-state index in [4.69, 9.17) is 9.84 Å². The summed E-state index contributed by atoms with van der Waals surface area (Å²) in [4.78, 5) is 10.9. The summed E-state index contributed by atoms with van der Waals surface area (Å²) in [5.41, 5.74) is 1.35. The molecule has 20 heavy (non-hydrogen) atoms. The average molecular weight is 277 g/mol. The standard InChI is InChI=1S/C16H23NO3/c1-11(2)15-14(6-7-20-15)10-17-9-12-4-3-5-13(8-12)16(18)19/h3-5,8,11,14-15,17H,6-7,9-10H2,1-2H3,(H,18,19). The Morgan fingerprint density at radius 2 is 2.30 bits per heavy atom.